The quantitative estimate of drug-likeness (QED) is 0.880. The molecule has 0 spiro atoms. The molecule has 0 amide bonds. The number of hydrogen-bond acceptors (Lipinski definition) is 6. The van der Waals surface area contributed by atoms with E-state index in [-0.39, 0.29) is 11.1 Å². The molecule has 0 radical (unpaired) electrons. The molecule has 1 aliphatic heterocycles. The molecule has 8 nitrogen and oxygen atoms in total. The summed E-state index contributed by atoms with van der Waals surface area (Å²) in [5, 5.41) is 7.28. The maximum absolute atomic E-state index is 12.6. The number of hydrogen-bond donors (Lipinski definition) is 1. The van der Waals surface area contributed by atoms with Crippen LogP contribution in [0.1, 0.15) is 12.8 Å². The van der Waals surface area contributed by atoms with E-state index in [0.29, 0.717) is 19.0 Å². The standard InChI is InChI=1S/C13H18N6O2S/c1-18-9-5-12(17-18)22(20,21)19-8-2-4-11(10-19)16-13-14-6-3-7-15-13/h3,5-7,9,11H,2,4,8,10H2,1H3,(H,14,15,16). The van der Waals surface area contributed by atoms with E-state index < -0.39 is 10.0 Å². The van der Waals surface area contributed by atoms with Gasteiger partial charge in [-0.25, -0.2) is 18.4 Å². The van der Waals surface area contributed by atoms with Gasteiger partial charge in [0.25, 0.3) is 10.0 Å². The fraction of sp³-hybridized carbons (Fsp3) is 0.462. The van der Waals surface area contributed by atoms with Gasteiger partial charge >= 0.3 is 0 Å². The molecule has 2 aromatic heterocycles. The summed E-state index contributed by atoms with van der Waals surface area (Å²) >= 11 is 0. The number of nitrogens with zero attached hydrogens (tertiary/aromatic N) is 5. The maximum Gasteiger partial charge on any atom is 0.262 e. The van der Waals surface area contributed by atoms with Crippen LogP contribution >= 0.6 is 0 Å². The molecule has 1 aliphatic rings. The Balaban J connectivity index is 1.73. The van der Waals surface area contributed by atoms with E-state index in [2.05, 4.69) is 20.4 Å². The van der Waals surface area contributed by atoms with Crippen LogP contribution in [0.25, 0.3) is 0 Å². The third kappa shape index (κ3) is 3.09. The minimum absolute atomic E-state index is 0.00497. The Bertz CT molecular complexity index is 730. The van der Waals surface area contributed by atoms with Crippen LogP contribution in [0.2, 0.25) is 0 Å². The van der Waals surface area contributed by atoms with Gasteiger partial charge in [0.2, 0.25) is 5.95 Å². The molecule has 118 valence electrons. The predicted molar refractivity (Wildman–Crippen MR) is 80.6 cm³/mol. The van der Waals surface area contributed by atoms with Gasteiger partial charge in [0.05, 0.1) is 0 Å². The molecular weight excluding hydrogens is 304 g/mol. The highest BCUT2D eigenvalue weighted by molar-refractivity contribution is 7.89. The van der Waals surface area contributed by atoms with Crippen LogP contribution in [0.3, 0.4) is 0 Å². The average molecular weight is 322 g/mol. The lowest BCUT2D eigenvalue weighted by Gasteiger charge is -2.31. The Hall–Kier alpha value is -2.00. The van der Waals surface area contributed by atoms with Crippen molar-refractivity contribution in [3.05, 3.63) is 30.7 Å². The normalized spacial score (nSPS) is 20.0. The van der Waals surface area contributed by atoms with Crippen LogP contribution in [0.5, 0.6) is 0 Å². The Morgan fingerprint density at radius 1 is 1.32 bits per heavy atom. The zero-order valence-corrected chi connectivity index (χ0v) is 13.1. The van der Waals surface area contributed by atoms with Crippen LogP contribution < -0.4 is 5.32 Å². The summed E-state index contributed by atoms with van der Waals surface area (Å²) in [4.78, 5) is 8.23. The third-order valence-electron chi connectivity index (χ3n) is 3.58. The zero-order chi connectivity index (χ0) is 15.6. The zero-order valence-electron chi connectivity index (χ0n) is 12.3. The highest BCUT2D eigenvalue weighted by Crippen LogP contribution is 2.20. The predicted octanol–water partition coefficient (Wildman–Crippen LogP) is 0.475. The summed E-state index contributed by atoms with van der Waals surface area (Å²) in [5.74, 6) is 0.518. The van der Waals surface area contributed by atoms with Gasteiger partial charge in [0.1, 0.15) is 0 Å². The molecule has 0 aliphatic carbocycles. The fourth-order valence-corrected chi connectivity index (χ4v) is 3.97. The minimum Gasteiger partial charge on any atom is -0.350 e. The van der Waals surface area contributed by atoms with Crippen molar-refractivity contribution in [1.82, 2.24) is 24.1 Å². The summed E-state index contributed by atoms with van der Waals surface area (Å²) in [6.45, 7) is 0.893. The molecule has 22 heavy (non-hydrogen) atoms. The smallest absolute Gasteiger partial charge is 0.262 e. The highest BCUT2D eigenvalue weighted by Gasteiger charge is 2.31. The van der Waals surface area contributed by atoms with E-state index in [1.165, 1.54) is 15.1 Å². The number of sulfonamides is 1. The van der Waals surface area contributed by atoms with Crippen molar-refractivity contribution in [2.45, 2.75) is 23.9 Å². The molecule has 0 aromatic carbocycles. The number of aryl methyl sites for hydroxylation is 1. The largest absolute Gasteiger partial charge is 0.350 e. The highest BCUT2D eigenvalue weighted by atomic mass is 32.2. The Labute approximate surface area is 129 Å². The second kappa shape index (κ2) is 6.01. The van der Waals surface area contributed by atoms with Gasteiger partial charge < -0.3 is 5.32 Å². The van der Waals surface area contributed by atoms with E-state index in [0.717, 1.165) is 12.8 Å². The van der Waals surface area contributed by atoms with Gasteiger partial charge in [0, 0.05) is 44.8 Å². The van der Waals surface area contributed by atoms with Gasteiger partial charge in [-0.2, -0.15) is 9.40 Å². The molecule has 0 saturated carbocycles. The second-order valence-electron chi connectivity index (χ2n) is 5.25. The SMILES string of the molecule is Cn1ccc(S(=O)(=O)N2CCCC(Nc3ncccn3)C2)n1. The van der Waals surface area contributed by atoms with Gasteiger partial charge in [-0.3, -0.25) is 4.68 Å². The van der Waals surface area contributed by atoms with Crippen molar-refractivity contribution >= 4 is 16.0 Å². The fourth-order valence-electron chi connectivity index (χ4n) is 2.50. The van der Waals surface area contributed by atoms with Gasteiger partial charge in [-0.1, -0.05) is 0 Å². The summed E-state index contributed by atoms with van der Waals surface area (Å²) in [7, 11) is -1.85. The average Bonchev–Trinajstić information content (AvgIpc) is 2.96. The van der Waals surface area contributed by atoms with Gasteiger partial charge in [0.15, 0.2) is 5.03 Å². The molecule has 2 aromatic rings. The van der Waals surface area contributed by atoms with Crippen LogP contribution in [0.15, 0.2) is 35.7 Å². The summed E-state index contributed by atoms with van der Waals surface area (Å²) in [6, 6.07) is 3.26. The molecule has 3 heterocycles. The van der Waals surface area contributed by atoms with Crippen LogP contribution in [-0.4, -0.2) is 51.6 Å². The lowest BCUT2D eigenvalue weighted by atomic mass is 10.1. The van der Waals surface area contributed by atoms with E-state index in [1.807, 2.05) is 0 Å². The molecule has 9 heteroatoms. The van der Waals surface area contributed by atoms with Crippen LogP contribution in [0.4, 0.5) is 5.95 Å². The topological polar surface area (TPSA) is 93.0 Å². The van der Waals surface area contributed by atoms with Crippen LogP contribution in [0, 0.1) is 0 Å². The van der Waals surface area contributed by atoms with E-state index in [1.54, 1.807) is 31.7 Å². The first-order valence-corrected chi connectivity index (χ1v) is 8.53. The van der Waals surface area contributed by atoms with E-state index >= 15 is 0 Å². The second-order valence-corrected chi connectivity index (χ2v) is 7.13. The first-order valence-electron chi connectivity index (χ1n) is 7.09. The van der Waals surface area contributed by atoms with Crippen molar-refractivity contribution in [3.8, 4) is 0 Å². The monoisotopic (exact) mass is 322 g/mol. The molecule has 1 saturated heterocycles. The van der Waals surface area contributed by atoms with E-state index in [9.17, 15) is 8.42 Å². The van der Waals surface area contributed by atoms with Crippen molar-refractivity contribution in [2.24, 2.45) is 7.05 Å². The van der Waals surface area contributed by atoms with Crippen molar-refractivity contribution in [3.63, 3.8) is 0 Å². The molecule has 1 unspecified atom stereocenters. The van der Waals surface area contributed by atoms with Crippen molar-refractivity contribution in [2.75, 3.05) is 18.4 Å². The molecule has 1 fully saturated rings. The Kier molecular flexibility index (Phi) is 4.08. The van der Waals surface area contributed by atoms with Crippen molar-refractivity contribution < 1.29 is 8.42 Å². The molecular formula is C13H18N6O2S. The van der Waals surface area contributed by atoms with E-state index in [4.69, 9.17) is 0 Å². The molecule has 1 N–H and O–H groups in total. The molecule has 3 rings (SSSR count). The maximum atomic E-state index is 12.6. The lowest BCUT2D eigenvalue weighted by molar-refractivity contribution is 0.325. The van der Waals surface area contributed by atoms with Gasteiger partial charge in [-0.15, -0.1) is 0 Å². The Morgan fingerprint density at radius 2 is 2.09 bits per heavy atom. The number of anilines is 1. The first-order chi connectivity index (χ1) is 10.6. The third-order valence-corrected chi connectivity index (χ3v) is 5.33. The van der Waals surface area contributed by atoms with Gasteiger partial charge in [-0.05, 0) is 25.0 Å². The molecule has 0 bridgehead atoms. The number of piperidine rings is 1. The minimum atomic E-state index is -3.55. The molecule has 1 atom stereocenters. The van der Waals surface area contributed by atoms with Crippen LogP contribution in [-0.2, 0) is 17.1 Å². The summed E-state index contributed by atoms with van der Waals surface area (Å²) in [6.07, 6.45) is 6.61. The van der Waals surface area contributed by atoms with Crippen molar-refractivity contribution in [1.29, 1.82) is 0 Å². The lowest BCUT2D eigenvalue weighted by Crippen LogP contribution is -2.45. The number of aromatic nitrogens is 4. The number of rotatable bonds is 4. The Morgan fingerprint density at radius 3 is 2.77 bits per heavy atom. The number of nitrogens with one attached hydrogen (secondary N) is 1. The summed E-state index contributed by atoms with van der Waals surface area (Å²) in [5.41, 5.74) is 0. The summed E-state index contributed by atoms with van der Waals surface area (Å²) < 4.78 is 28.1. The first kappa shape index (κ1) is 14.9.